The van der Waals surface area contributed by atoms with Crippen LogP contribution in [0, 0.1) is 0 Å². The lowest BCUT2D eigenvalue weighted by atomic mass is 10.1. The summed E-state index contributed by atoms with van der Waals surface area (Å²) in [6.07, 6.45) is 3.61. The molecule has 1 saturated heterocycles. The Labute approximate surface area is 136 Å². The third kappa shape index (κ3) is 3.53. The lowest BCUT2D eigenvalue weighted by Gasteiger charge is -2.41. The average Bonchev–Trinajstić information content (AvgIpc) is 2.58. The molecule has 6 heteroatoms. The van der Waals surface area contributed by atoms with Crippen molar-refractivity contribution in [2.45, 2.75) is 19.5 Å². The summed E-state index contributed by atoms with van der Waals surface area (Å²) >= 11 is 0. The molecule has 2 N–H and O–H groups in total. The maximum atomic E-state index is 5.54. The summed E-state index contributed by atoms with van der Waals surface area (Å²) in [6, 6.07) is 8.63. The molecule has 0 aliphatic carbocycles. The van der Waals surface area contributed by atoms with Crippen molar-refractivity contribution in [2.24, 2.45) is 0 Å². The largest absolute Gasteiger partial charge is 0.495 e. The zero-order valence-corrected chi connectivity index (χ0v) is 13.6. The highest BCUT2D eigenvalue weighted by atomic mass is 16.5. The smallest absolute Gasteiger partial charge is 0.219 e. The molecular weight excluding hydrogens is 290 g/mol. The van der Waals surface area contributed by atoms with Crippen molar-refractivity contribution in [3.05, 3.63) is 42.2 Å². The van der Waals surface area contributed by atoms with Crippen LogP contribution in [0.1, 0.15) is 12.5 Å². The summed E-state index contributed by atoms with van der Waals surface area (Å²) < 4.78 is 5.48. The minimum Gasteiger partial charge on any atom is -0.495 e. The Balaban J connectivity index is 1.66. The number of ether oxygens (including phenoxy) is 1. The van der Waals surface area contributed by atoms with Gasteiger partial charge in [-0.05, 0) is 19.1 Å². The number of rotatable bonds is 4. The first-order chi connectivity index (χ1) is 11.2. The van der Waals surface area contributed by atoms with Crippen molar-refractivity contribution in [3.63, 3.8) is 0 Å². The Hall–Kier alpha value is -2.34. The van der Waals surface area contributed by atoms with Crippen molar-refractivity contribution in [1.29, 1.82) is 0 Å². The fraction of sp³-hybridized carbons (Fsp3) is 0.412. The second-order valence-electron chi connectivity index (χ2n) is 5.89. The van der Waals surface area contributed by atoms with Crippen molar-refractivity contribution < 1.29 is 4.74 Å². The van der Waals surface area contributed by atoms with E-state index in [-0.39, 0.29) is 0 Å². The minimum absolute atomic E-state index is 0.322. The lowest BCUT2D eigenvalue weighted by Crippen LogP contribution is -2.51. The van der Waals surface area contributed by atoms with Gasteiger partial charge in [-0.15, -0.1) is 0 Å². The van der Waals surface area contributed by atoms with Crippen LogP contribution in [0.5, 0.6) is 5.75 Å². The average molecular weight is 313 g/mol. The molecule has 1 aromatic heterocycles. The molecule has 122 valence electrons. The Kier molecular flexibility index (Phi) is 4.62. The molecule has 6 nitrogen and oxygen atoms in total. The van der Waals surface area contributed by atoms with Gasteiger partial charge in [-0.1, -0.05) is 12.1 Å². The van der Waals surface area contributed by atoms with E-state index in [1.54, 1.807) is 7.11 Å². The number of hydrogen-bond acceptors (Lipinski definition) is 6. The van der Waals surface area contributed by atoms with Crippen LogP contribution in [0.2, 0.25) is 0 Å². The number of methoxy groups -OCH3 is 1. The summed E-state index contributed by atoms with van der Waals surface area (Å²) in [4.78, 5) is 13.0. The van der Waals surface area contributed by atoms with Crippen LogP contribution in [-0.2, 0) is 6.54 Å². The van der Waals surface area contributed by atoms with Gasteiger partial charge in [-0.25, -0.2) is 9.97 Å². The molecular formula is C17H23N5O. The van der Waals surface area contributed by atoms with Crippen LogP contribution in [0.3, 0.4) is 0 Å². The van der Waals surface area contributed by atoms with Crippen molar-refractivity contribution >= 4 is 11.6 Å². The molecule has 1 unspecified atom stereocenters. The number of nitrogen functional groups attached to an aromatic ring is 1. The summed E-state index contributed by atoms with van der Waals surface area (Å²) in [6.45, 7) is 6.03. The number of nitrogens with zero attached hydrogens (tertiary/aromatic N) is 4. The zero-order valence-electron chi connectivity index (χ0n) is 13.6. The first-order valence-corrected chi connectivity index (χ1v) is 7.86. The fourth-order valence-electron chi connectivity index (χ4n) is 3.02. The molecule has 1 fully saturated rings. The number of piperazine rings is 1. The molecule has 0 radical (unpaired) electrons. The van der Waals surface area contributed by atoms with Gasteiger partial charge in [0, 0.05) is 50.2 Å². The standard InChI is InChI=1S/C17H23N5O/c1-13-11-22(15-5-3-4-6-16(15)23-2)8-7-21(13)12-14-9-19-17(18)20-10-14/h3-6,9-10,13H,7-8,11-12H2,1-2H3,(H2,18,19,20). The highest BCUT2D eigenvalue weighted by Crippen LogP contribution is 2.29. The monoisotopic (exact) mass is 313 g/mol. The van der Waals surface area contributed by atoms with E-state index in [0.717, 1.165) is 43.2 Å². The molecule has 0 saturated carbocycles. The second-order valence-corrected chi connectivity index (χ2v) is 5.89. The number of hydrogen-bond donors (Lipinski definition) is 1. The molecule has 0 bridgehead atoms. The molecule has 1 aliphatic heterocycles. The second kappa shape index (κ2) is 6.83. The van der Waals surface area contributed by atoms with Crippen molar-refractivity contribution in [1.82, 2.24) is 14.9 Å². The topological polar surface area (TPSA) is 67.5 Å². The molecule has 3 rings (SSSR count). The summed E-state index contributed by atoms with van der Waals surface area (Å²) in [5, 5.41) is 0. The Bertz CT molecular complexity index is 646. The van der Waals surface area contributed by atoms with E-state index in [1.807, 2.05) is 24.5 Å². The molecule has 2 aromatic rings. The quantitative estimate of drug-likeness (QED) is 0.928. The van der Waals surface area contributed by atoms with E-state index in [0.29, 0.717) is 12.0 Å². The first-order valence-electron chi connectivity index (χ1n) is 7.86. The van der Waals surface area contributed by atoms with Gasteiger partial charge in [0.15, 0.2) is 0 Å². The number of nitrogens with two attached hydrogens (primary N) is 1. The maximum Gasteiger partial charge on any atom is 0.219 e. The van der Waals surface area contributed by atoms with Crippen LogP contribution in [0.15, 0.2) is 36.7 Å². The van der Waals surface area contributed by atoms with E-state index in [2.05, 4.69) is 38.8 Å². The molecule has 23 heavy (non-hydrogen) atoms. The predicted molar refractivity (Wildman–Crippen MR) is 91.5 cm³/mol. The number of anilines is 2. The predicted octanol–water partition coefficient (Wildman–Crippen LogP) is 1.78. The molecule has 1 aliphatic rings. The van der Waals surface area contributed by atoms with E-state index < -0.39 is 0 Å². The maximum absolute atomic E-state index is 5.54. The molecule has 2 heterocycles. The zero-order chi connectivity index (χ0) is 16.2. The van der Waals surface area contributed by atoms with Crippen LogP contribution < -0.4 is 15.4 Å². The van der Waals surface area contributed by atoms with Gasteiger partial charge in [0.05, 0.1) is 12.8 Å². The van der Waals surface area contributed by atoms with Crippen LogP contribution >= 0.6 is 0 Å². The van der Waals surface area contributed by atoms with Crippen molar-refractivity contribution in [2.75, 3.05) is 37.4 Å². The normalized spacial score (nSPS) is 18.9. The Morgan fingerprint density at radius 2 is 1.96 bits per heavy atom. The van der Waals surface area contributed by atoms with E-state index in [1.165, 1.54) is 0 Å². The van der Waals surface area contributed by atoms with E-state index in [9.17, 15) is 0 Å². The fourth-order valence-corrected chi connectivity index (χ4v) is 3.02. The van der Waals surface area contributed by atoms with Gasteiger partial charge in [-0.3, -0.25) is 4.90 Å². The highest BCUT2D eigenvalue weighted by molar-refractivity contribution is 5.58. The summed E-state index contributed by atoms with van der Waals surface area (Å²) in [5.41, 5.74) is 7.80. The number of para-hydroxylation sites is 2. The Morgan fingerprint density at radius 1 is 1.22 bits per heavy atom. The van der Waals surface area contributed by atoms with Gasteiger partial charge in [0.2, 0.25) is 5.95 Å². The van der Waals surface area contributed by atoms with Crippen LogP contribution in [0.4, 0.5) is 11.6 Å². The molecule has 0 spiro atoms. The summed E-state index contributed by atoms with van der Waals surface area (Å²) in [5.74, 6) is 1.25. The first kappa shape index (κ1) is 15.6. The summed E-state index contributed by atoms with van der Waals surface area (Å²) in [7, 11) is 1.72. The minimum atomic E-state index is 0.322. The highest BCUT2D eigenvalue weighted by Gasteiger charge is 2.25. The van der Waals surface area contributed by atoms with Gasteiger partial charge in [0.1, 0.15) is 5.75 Å². The molecule has 0 amide bonds. The van der Waals surface area contributed by atoms with E-state index in [4.69, 9.17) is 10.5 Å². The van der Waals surface area contributed by atoms with E-state index >= 15 is 0 Å². The van der Waals surface area contributed by atoms with Crippen molar-refractivity contribution in [3.8, 4) is 5.75 Å². The molecule has 1 aromatic carbocycles. The lowest BCUT2D eigenvalue weighted by molar-refractivity contribution is 0.180. The molecule has 1 atom stereocenters. The number of benzene rings is 1. The number of aromatic nitrogens is 2. The van der Waals surface area contributed by atoms with Crippen LogP contribution in [-0.4, -0.2) is 47.7 Å². The van der Waals surface area contributed by atoms with Crippen LogP contribution in [0.25, 0.3) is 0 Å². The Morgan fingerprint density at radius 3 is 2.65 bits per heavy atom. The van der Waals surface area contributed by atoms with Gasteiger partial charge in [-0.2, -0.15) is 0 Å². The van der Waals surface area contributed by atoms with Gasteiger partial charge in [0.25, 0.3) is 0 Å². The van der Waals surface area contributed by atoms with Gasteiger partial charge < -0.3 is 15.4 Å². The third-order valence-corrected chi connectivity index (χ3v) is 4.30. The SMILES string of the molecule is COc1ccccc1N1CCN(Cc2cnc(N)nc2)C(C)C1. The van der Waals surface area contributed by atoms with Gasteiger partial charge >= 0.3 is 0 Å². The third-order valence-electron chi connectivity index (χ3n) is 4.30.